The topological polar surface area (TPSA) is 108 Å². The maximum absolute atomic E-state index is 14.4. The second-order valence-electron chi connectivity index (χ2n) is 12.8. The predicted octanol–water partition coefficient (Wildman–Crippen LogP) is 5.56. The zero-order chi connectivity index (χ0) is 30.6. The number of ether oxygens (including phenoxy) is 1. The molecule has 0 unspecified atom stereocenters. The number of amides is 1. The van der Waals surface area contributed by atoms with Gasteiger partial charge in [0.1, 0.15) is 5.84 Å². The zero-order valence-electron chi connectivity index (χ0n) is 24.1. The van der Waals surface area contributed by atoms with Crippen LogP contribution < -0.4 is 4.90 Å². The summed E-state index contributed by atoms with van der Waals surface area (Å²) in [6, 6.07) is 12.3. The first-order chi connectivity index (χ1) is 20.5. The molecule has 2 aromatic rings. The molecule has 1 spiro atoms. The summed E-state index contributed by atoms with van der Waals surface area (Å²) in [6.07, 6.45) is -0.0654. The van der Waals surface area contributed by atoms with E-state index < -0.39 is 23.1 Å². The van der Waals surface area contributed by atoms with Gasteiger partial charge in [-0.2, -0.15) is 18.4 Å². The normalized spacial score (nSPS) is 24.6. The number of amidine groups is 1. The summed E-state index contributed by atoms with van der Waals surface area (Å²) in [7, 11) is 1.62. The van der Waals surface area contributed by atoms with Gasteiger partial charge in [-0.15, -0.1) is 0 Å². The van der Waals surface area contributed by atoms with Gasteiger partial charge in [-0.1, -0.05) is 12.1 Å². The Morgan fingerprint density at radius 1 is 1.26 bits per heavy atom. The molecule has 2 aliphatic carbocycles. The highest BCUT2D eigenvalue weighted by Gasteiger charge is 2.48. The summed E-state index contributed by atoms with van der Waals surface area (Å²) in [5.74, 6) is -0.406. The molecular formula is C32H35F3N6O2. The van der Waals surface area contributed by atoms with Gasteiger partial charge in [-0.05, 0) is 66.6 Å². The molecule has 4 aliphatic rings. The fraction of sp³-hybridized carbons (Fsp3) is 0.500. The van der Waals surface area contributed by atoms with Crippen LogP contribution in [0.1, 0.15) is 64.7 Å². The van der Waals surface area contributed by atoms with Crippen molar-refractivity contribution in [2.24, 2.45) is 11.3 Å². The quantitative estimate of drug-likeness (QED) is 0.324. The zero-order valence-corrected chi connectivity index (χ0v) is 24.1. The van der Waals surface area contributed by atoms with Crippen molar-refractivity contribution in [3.8, 4) is 6.07 Å². The number of carbonyl (C=O) groups excluding carboxylic acids is 1. The minimum Gasteiger partial charge on any atom is -0.379 e. The van der Waals surface area contributed by atoms with Crippen LogP contribution in [0.2, 0.25) is 0 Å². The number of carbonyl (C=O) groups is 1. The van der Waals surface area contributed by atoms with Gasteiger partial charge < -0.3 is 14.5 Å². The Morgan fingerprint density at radius 3 is 2.70 bits per heavy atom. The van der Waals surface area contributed by atoms with Crippen LogP contribution in [0.25, 0.3) is 0 Å². The first-order valence-electron chi connectivity index (χ1n) is 14.6. The lowest BCUT2D eigenvalue weighted by atomic mass is 9.57. The molecule has 1 saturated heterocycles. The summed E-state index contributed by atoms with van der Waals surface area (Å²) in [5, 5.41) is 25.4. The van der Waals surface area contributed by atoms with E-state index in [0.717, 1.165) is 31.3 Å². The van der Waals surface area contributed by atoms with Crippen LogP contribution in [-0.4, -0.2) is 61.2 Å². The van der Waals surface area contributed by atoms with Gasteiger partial charge in [0.25, 0.3) is 5.91 Å². The van der Waals surface area contributed by atoms with Crippen molar-refractivity contribution in [3.63, 3.8) is 0 Å². The minimum atomic E-state index is -4.61. The first-order valence-corrected chi connectivity index (χ1v) is 14.6. The third kappa shape index (κ3) is 5.54. The monoisotopic (exact) mass is 592 g/mol. The van der Waals surface area contributed by atoms with Crippen LogP contribution in [-0.2, 0) is 29.4 Å². The third-order valence-corrected chi connectivity index (χ3v) is 9.64. The summed E-state index contributed by atoms with van der Waals surface area (Å²) in [5.41, 5.74) is 0.669. The van der Waals surface area contributed by atoms with Gasteiger partial charge in [0, 0.05) is 61.1 Å². The van der Waals surface area contributed by atoms with Crippen molar-refractivity contribution in [1.82, 2.24) is 9.80 Å². The summed E-state index contributed by atoms with van der Waals surface area (Å²) in [6.45, 7) is 2.77. The molecule has 11 heteroatoms. The first kappa shape index (κ1) is 29.3. The Hall–Kier alpha value is -3.75. The number of anilines is 1. The highest BCUT2D eigenvalue weighted by atomic mass is 19.4. The third-order valence-electron chi connectivity index (χ3n) is 9.64. The Balaban J connectivity index is 1.30. The van der Waals surface area contributed by atoms with Crippen molar-refractivity contribution in [3.05, 3.63) is 64.2 Å². The molecule has 8 nitrogen and oxygen atoms in total. The standard InChI is InChI=1S/C32H35F3N6O2/c1-39(20-37)28(38)14-31(12-22(13-31)15-36)23-3-2-4-24(11-23)41-17-26-25(29(41)42)9-21(10-27(26)32(33,34)35)16-40-7-8-43-19-30(18-40)5-6-30/h2-4,9-11,20,22,37-38H,5-8,12-14,16-19H2,1H3/t22-,31-. The molecule has 0 radical (unpaired) electrons. The van der Waals surface area contributed by atoms with Gasteiger partial charge >= 0.3 is 6.18 Å². The number of alkyl halides is 3. The summed E-state index contributed by atoms with van der Waals surface area (Å²) in [4.78, 5) is 18.7. The highest BCUT2D eigenvalue weighted by molar-refractivity contribution is 6.10. The average molecular weight is 593 g/mol. The number of halogens is 3. The van der Waals surface area contributed by atoms with Crippen LogP contribution in [0.4, 0.5) is 18.9 Å². The second kappa shape index (κ2) is 10.8. The van der Waals surface area contributed by atoms with Crippen LogP contribution in [0.15, 0.2) is 36.4 Å². The van der Waals surface area contributed by atoms with E-state index in [2.05, 4.69) is 11.0 Å². The molecule has 2 aromatic carbocycles. The van der Waals surface area contributed by atoms with Crippen LogP contribution in [0, 0.1) is 33.5 Å². The van der Waals surface area contributed by atoms with Crippen molar-refractivity contribution in [2.75, 3.05) is 38.3 Å². The molecule has 2 aliphatic heterocycles. The van der Waals surface area contributed by atoms with Gasteiger partial charge in [0.05, 0.1) is 37.7 Å². The number of rotatable bonds is 7. The molecule has 2 N–H and O–H groups in total. The van der Waals surface area contributed by atoms with E-state index in [1.54, 1.807) is 25.2 Å². The van der Waals surface area contributed by atoms with Gasteiger partial charge in [-0.3, -0.25) is 20.5 Å². The van der Waals surface area contributed by atoms with Crippen LogP contribution >= 0.6 is 0 Å². The Bertz CT molecular complexity index is 1510. The lowest BCUT2D eigenvalue weighted by Gasteiger charge is -2.46. The van der Waals surface area contributed by atoms with Gasteiger partial charge in [0.2, 0.25) is 0 Å². The lowest BCUT2D eigenvalue weighted by Crippen LogP contribution is -2.44. The maximum Gasteiger partial charge on any atom is 0.416 e. The van der Waals surface area contributed by atoms with Crippen LogP contribution in [0.3, 0.4) is 0 Å². The largest absolute Gasteiger partial charge is 0.416 e. The smallest absolute Gasteiger partial charge is 0.379 e. The summed E-state index contributed by atoms with van der Waals surface area (Å²) < 4.78 is 48.9. The van der Waals surface area contributed by atoms with Gasteiger partial charge in [-0.25, -0.2) is 0 Å². The Morgan fingerprint density at radius 2 is 2.02 bits per heavy atom. The van der Waals surface area contributed by atoms with Crippen molar-refractivity contribution < 1.29 is 22.7 Å². The average Bonchev–Trinajstić information content (AvgIpc) is 3.69. The maximum atomic E-state index is 14.4. The fourth-order valence-electron chi connectivity index (χ4n) is 6.96. The Kier molecular flexibility index (Phi) is 7.33. The number of nitriles is 1. The fourth-order valence-corrected chi connectivity index (χ4v) is 6.96. The molecule has 1 amide bonds. The number of hydrogen-bond donors (Lipinski definition) is 2. The second-order valence-corrected chi connectivity index (χ2v) is 12.8. The van der Waals surface area contributed by atoms with E-state index in [4.69, 9.17) is 15.6 Å². The van der Waals surface area contributed by atoms with E-state index in [1.165, 1.54) is 15.9 Å². The molecule has 0 aromatic heterocycles. The number of nitrogens with one attached hydrogen (secondary N) is 2. The number of hydrogen-bond acceptors (Lipinski definition) is 6. The minimum absolute atomic E-state index is 0.0122. The van der Waals surface area contributed by atoms with Crippen molar-refractivity contribution in [1.29, 1.82) is 16.1 Å². The number of benzene rings is 2. The number of nitrogens with zero attached hydrogens (tertiary/aromatic N) is 4. The molecule has 2 saturated carbocycles. The van der Waals surface area contributed by atoms with E-state index in [1.807, 2.05) is 12.1 Å². The lowest BCUT2D eigenvalue weighted by molar-refractivity contribution is -0.138. The number of fused-ring (bicyclic) bond motifs is 1. The highest BCUT2D eigenvalue weighted by Crippen LogP contribution is 2.51. The molecular weight excluding hydrogens is 557 g/mol. The molecule has 0 atom stereocenters. The van der Waals surface area contributed by atoms with Crippen molar-refractivity contribution in [2.45, 2.75) is 56.8 Å². The molecule has 0 bridgehead atoms. The SMILES string of the molecule is CN(C=N)C(=N)C[C@]1(c2cccc(N3Cc4c(cc(CN5CCOCC6(CC6)C5)cc4C(F)(F)F)C3=O)c2)C[C@H](C#N)C1. The van der Waals surface area contributed by atoms with E-state index >= 15 is 0 Å². The van der Waals surface area contributed by atoms with E-state index in [0.29, 0.717) is 56.8 Å². The van der Waals surface area contributed by atoms with E-state index in [-0.39, 0.29) is 34.8 Å². The Labute approximate surface area is 249 Å². The molecule has 2 heterocycles. The van der Waals surface area contributed by atoms with Crippen LogP contribution in [0.5, 0.6) is 0 Å². The molecule has 226 valence electrons. The molecule has 43 heavy (non-hydrogen) atoms. The van der Waals surface area contributed by atoms with Gasteiger partial charge in [0.15, 0.2) is 0 Å². The van der Waals surface area contributed by atoms with Crippen molar-refractivity contribution >= 4 is 23.8 Å². The molecule has 3 fully saturated rings. The molecule has 6 rings (SSSR count). The summed E-state index contributed by atoms with van der Waals surface area (Å²) >= 11 is 0. The van der Waals surface area contributed by atoms with E-state index in [9.17, 15) is 23.2 Å². The predicted molar refractivity (Wildman–Crippen MR) is 155 cm³/mol.